The van der Waals surface area contributed by atoms with Crippen LogP contribution >= 0.6 is 12.4 Å². The van der Waals surface area contributed by atoms with E-state index in [1.54, 1.807) is 6.07 Å². The Bertz CT molecular complexity index is 748. The fourth-order valence-electron chi connectivity index (χ4n) is 3.35. The number of halogens is 1. The third-order valence-electron chi connectivity index (χ3n) is 4.83. The van der Waals surface area contributed by atoms with Gasteiger partial charge in [0, 0.05) is 19.0 Å². The molecule has 0 bridgehead atoms. The Morgan fingerprint density at radius 2 is 1.81 bits per heavy atom. The van der Waals surface area contributed by atoms with E-state index in [1.165, 1.54) is 12.1 Å². The van der Waals surface area contributed by atoms with Gasteiger partial charge in [-0.1, -0.05) is 12.8 Å². The fraction of sp³-hybridized carbons (Fsp3) is 0.588. The summed E-state index contributed by atoms with van der Waals surface area (Å²) in [5, 5.41) is 2.94. The first-order valence-corrected chi connectivity index (χ1v) is 10.2. The number of amides is 1. The Morgan fingerprint density at radius 3 is 2.46 bits per heavy atom. The van der Waals surface area contributed by atoms with Crippen molar-refractivity contribution in [1.82, 2.24) is 5.32 Å². The molecule has 3 N–H and O–H groups in total. The number of sulfone groups is 1. The molecule has 1 aliphatic carbocycles. The minimum absolute atomic E-state index is 0. The normalized spacial score (nSPS) is 18.0. The van der Waals surface area contributed by atoms with Crippen molar-refractivity contribution in [2.24, 2.45) is 5.73 Å². The van der Waals surface area contributed by atoms with Crippen LogP contribution in [0, 0.1) is 0 Å². The minimum atomic E-state index is -3.58. The summed E-state index contributed by atoms with van der Waals surface area (Å²) in [6.45, 7) is 1.22. The highest BCUT2D eigenvalue weighted by molar-refractivity contribution is 7.91. The van der Waals surface area contributed by atoms with E-state index >= 15 is 0 Å². The monoisotopic (exact) mass is 404 g/mol. The first-order valence-electron chi connectivity index (χ1n) is 8.58. The zero-order valence-corrected chi connectivity index (χ0v) is 16.2. The summed E-state index contributed by atoms with van der Waals surface area (Å²) in [6, 6.07) is 4.53. The largest absolute Gasteiger partial charge is 0.486 e. The number of ether oxygens (including phenoxy) is 2. The molecule has 0 saturated heterocycles. The number of rotatable bonds is 6. The number of carbonyl (C=O) groups is 1. The first-order chi connectivity index (χ1) is 11.9. The van der Waals surface area contributed by atoms with Crippen molar-refractivity contribution in [1.29, 1.82) is 0 Å². The van der Waals surface area contributed by atoms with Gasteiger partial charge in [0.1, 0.15) is 13.2 Å². The number of benzene rings is 1. The van der Waals surface area contributed by atoms with Crippen LogP contribution in [0.25, 0.3) is 0 Å². The van der Waals surface area contributed by atoms with E-state index in [-0.39, 0.29) is 40.9 Å². The highest BCUT2D eigenvalue weighted by Crippen LogP contribution is 2.33. The van der Waals surface area contributed by atoms with Gasteiger partial charge in [0.25, 0.3) is 0 Å². The predicted molar refractivity (Wildman–Crippen MR) is 99.7 cm³/mol. The van der Waals surface area contributed by atoms with Gasteiger partial charge in [0.05, 0.1) is 16.2 Å². The lowest BCUT2D eigenvalue weighted by Gasteiger charge is -2.28. The van der Waals surface area contributed by atoms with Crippen molar-refractivity contribution < 1.29 is 22.7 Å². The van der Waals surface area contributed by atoms with Crippen molar-refractivity contribution in [3.8, 4) is 11.5 Å². The average Bonchev–Trinajstić information content (AvgIpc) is 3.08. The van der Waals surface area contributed by atoms with Crippen LogP contribution in [-0.4, -0.2) is 45.4 Å². The van der Waals surface area contributed by atoms with Gasteiger partial charge in [-0.05, 0) is 25.0 Å². The number of fused-ring (bicyclic) bond motifs is 1. The quantitative estimate of drug-likeness (QED) is 0.742. The number of nitrogens with one attached hydrogen (secondary N) is 1. The lowest BCUT2D eigenvalue weighted by Crippen LogP contribution is -2.51. The number of carbonyl (C=O) groups excluding carboxylic acids is 1. The van der Waals surface area contributed by atoms with Crippen molar-refractivity contribution >= 4 is 28.2 Å². The topological polar surface area (TPSA) is 108 Å². The molecule has 0 atom stereocenters. The van der Waals surface area contributed by atoms with E-state index in [1.807, 2.05) is 0 Å². The molecule has 0 aromatic heterocycles. The Balaban J connectivity index is 0.00000243. The van der Waals surface area contributed by atoms with Gasteiger partial charge in [-0.2, -0.15) is 0 Å². The Hall–Kier alpha value is -1.51. The minimum Gasteiger partial charge on any atom is -0.486 e. The molecule has 7 nitrogen and oxygen atoms in total. The maximum Gasteiger partial charge on any atom is 0.221 e. The van der Waals surface area contributed by atoms with Crippen molar-refractivity contribution in [2.45, 2.75) is 42.5 Å². The van der Waals surface area contributed by atoms with E-state index in [9.17, 15) is 13.2 Å². The lowest BCUT2D eigenvalue weighted by atomic mass is 9.98. The van der Waals surface area contributed by atoms with Gasteiger partial charge in [0.2, 0.25) is 5.91 Å². The molecule has 1 amide bonds. The fourth-order valence-corrected chi connectivity index (χ4v) is 4.60. The summed E-state index contributed by atoms with van der Waals surface area (Å²) >= 11 is 0. The molecule has 9 heteroatoms. The molecule has 0 unspecified atom stereocenters. The number of nitrogens with two attached hydrogens (primary N) is 1. The van der Waals surface area contributed by atoms with E-state index in [2.05, 4.69) is 5.32 Å². The van der Waals surface area contributed by atoms with Crippen LogP contribution in [0.2, 0.25) is 0 Å². The van der Waals surface area contributed by atoms with Gasteiger partial charge in [0.15, 0.2) is 21.3 Å². The van der Waals surface area contributed by atoms with E-state index in [0.29, 0.717) is 31.3 Å². The molecule has 1 aliphatic heterocycles. The van der Waals surface area contributed by atoms with Crippen LogP contribution in [0.15, 0.2) is 23.1 Å². The van der Waals surface area contributed by atoms with Gasteiger partial charge >= 0.3 is 0 Å². The molecule has 0 spiro atoms. The summed E-state index contributed by atoms with van der Waals surface area (Å²) in [4.78, 5) is 12.3. The maximum atomic E-state index is 12.5. The Kier molecular flexibility index (Phi) is 6.76. The molecule has 26 heavy (non-hydrogen) atoms. The summed E-state index contributed by atoms with van der Waals surface area (Å²) in [5.41, 5.74) is 5.43. The molecular weight excluding hydrogens is 380 g/mol. The SMILES string of the molecule is Cl.NCC1(NC(=O)CCS(=O)(=O)c2ccc3c(c2)OCCO3)CCCC1. The van der Waals surface area contributed by atoms with Crippen LogP contribution in [0.3, 0.4) is 0 Å². The molecular formula is C17H25ClN2O5S. The third kappa shape index (κ3) is 4.61. The van der Waals surface area contributed by atoms with Crippen LogP contribution in [0.5, 0.6) is 11.5 Å². The molecule has 0 radical (unpaired) electrons. The number of hydrogen-bond acceptors (Lipinski definition) is 6. The van der Waals surface area contributed by atoms with E-state index < -0.39 is 9.84 Å². The van der Waals surface area contributed by atoms with E-state index in [4.69, 9.17) is 15.2 Å². The van der Waals surface area contributed by atoms with Gasteiger partial charge < -0.3 is 20.5 Å². The second-order valence-electron chi connectivity index (χ2n) is 6.61. The van der Waals surface area contributed by atoms with Crippen molar-refractivity contribution in [2.75, 3.05) is 25.5 Å². The summed E-state index contributed by atoms with van der Waals surface area (Å²) in [6.07, 6.45) is 3.69. The summed E-state index contributed by atoms with van der Waals surface area (Å²) in [7, 11) is -3.58. The molecule has 146 valence electrons. The van der Waals surface area contributed by atoms with Crippen LogP contribution < -0.4 is 20.5 Å². The highest BCUT2D eigenvalue weighted by atomic mass is 35.5. The van der Waals surface area contributed by atoms with Crippen LogP contribution in [0.1, 0.15) is 32.1 Å². The maximum absolute atomic E-state index is 12.5. The predicted octanol–water partition coefficient (Wildman–Crippen LogP) is 1.43. The van der Waals surface area contributed by atoms with Gasteiger partial charge in [-0.25, -0.2) is 8.42 Å². The second kappa shape index (κ2) is 8.45. The molecule has 1 fully saturated rings. The smallest absolute Gasteiger partial charge is 0.221 e. The first kappa shape index (κ1) is 20.8. The molecule has 2 aliphatic rings. The third-order valence-corrected chi connectivity index (χ3v) is 6.54. The van der Waals surface area contributed by atoms with Crippen molar-refractivity contribution in [3.05, 3.63) is 18.2 Å². The molecule has 3 rings (SSSR count). The Labute approximate surface area is 159 Å². The lowest BCUT2D eigenvalue weighted by molar-refractivity contribution is -0.122. The standard InChI is InChI=1S/C17H24N2O5S.ClH/c18-12-17(6-1-2-7-17)19-16(20)5-10-25(21,22)13-3-4-14-15(11-13)24-9-8-23-14;/h3-4,11H,1-2,5-10,12,18H2,(H,19,20);1H. The molecule has 1 saturated carbocycles. The zero-order valence-electron chi connectivity index (χ0n) is 14.5. The van der Waals surface area contributed by atoms with Crippen molar-refractivity contribution in [3.63, 3.8) is 0 Å². The Morgan fingerprint density at radius 1 is 1.15 bits per heavy atom. The summed E-state index contributed by atoms with van der Waals surface area (Å²) < 4.78 is 35.8. The molecule has 1 aromatic rings. The molecule has 1 heterocycles. The van der Waals surface area contributed by atoms with Gasteiger partial charge in [-0.3, -0.25) is 4.79 Å². The highest BCUT2D eigenvalue weighted by Gasteiger charge is 2.34. The van der Waals surface area contributed by atoms with Crippen LogP contribution in [0.4, 0.5) is 0 Å². The van der Waals surface area contributed by atoms with Crippen LogP contribution in [-0.2, 0) is 14.6 Å². The number of hydrogen-bond donors (Lipinski definition) is 2. The average molecular weight is 405 g/mol. The van der Waals surface area contributed by atoms with Gasteiger partial charge in [-0.15, -0.1) is 12.4 Å². The summed E-state index contributed by atoms with van der Waals surface area (Å²) in [5.74, 6) is 0.436. The second-order valence-corrected chi connectivity index (χ2v) is 8.72. The molecule has 1 aromatic carbocycles. The zero-order chi connectivity index (χ0) is 17.9. The van der Waals surface area contributed by atoms with E-state index in [0.717, 1.165) is 25.7 Å².